The second-order valence-corrected chi connectivity index (χ2v) is 5.52. The van der Waals surface area contributed by atoms with Crippen LogP contribution in [-0.2, 0) is 5.41 Å². The first-order valence-electron chi connectivity index (χ1n) is 6.28. The van der Waals surface area contributed by atoms with Gasteiger partial charge in [0.2, 0.25) is 5.88 Å². The van der Waals surface area contributed by atoms with Crippen LogP contribution in [0.2, 0.25) is 0 Å². The summed E-state index contributed by atoms with van der Waals surface area (Å²) in [6, 6.07) is 4.34. The number of rotatable bonds is 3. The SMILES string of the molecule is CC(C)(C)c1nc(NN)cc(Oc2cc(F)cc(F)c2)n1. The highest BCUT2D eigenvalue weighted by molar-refractivity contribution is 5.40. The van der Waals surface area contributed by atoms with E-state index in [4.69, 9.17) is 10.6 Å². The summed E-state index contributed by atoms with van der Waals surface area (Å²) >= 11 is 0. The van der Waals surface area contributed by atoms with Gasteiger partial charge in [0.15, 0.2) is 0 Å². The van der Waals surface area contributed by atoms with Crippen molar-refractivity contribution in [3.05, 3.63) is 41.7 Å². The third-order valence-electron chi connectivity index (χ3n) is 2.58. The average Bonchev–Trinajstić information content (AvgIpc) is 2.36. The number of ether oxygens (including phenoxy) is 1. The van der Waals surface area contributed by atoms with E-state index in [9.17, 15) is 8.78 Å². The van der Waals surface area contributed by atoms with Crippen molar-refractivity contribution >= 4 is 5.82 Å². The molecule has 1 aromatic carbocycles. The standard InChI is InChI=1S/C14H16F2N4O/c1-14(2,3)13-18-11(20-17)7-12(19-13)21-10-5-8(15)4-9(16)6-10/h4-7H,17H2,1-3H3,(H,18,19,20). The fraction of sp³-hybridized carbons (Fsp3) is 0.286. The molecule has 0 bridgehead atoms. The maximum Gasteiger partial charge on any atom is 0.224 e. The molecule has 112 valence electrons. The summed E-state index contributed by atoms with van der Waals surface area (Å²) in [5.41, 5.74) is 2.07. The Morgan fingerprint density at radius 1 is 1.05 bits per heavy atom. The lowest BCUT2D eigenvalue weighted by Crippen LogP contribution is -2.19. The molecule has 2 rings (SSSR count). The Morgan fingerprint density at radius 3 is 2.19 bits per heavy atom. The quantitative estimate of drug-likeness (QED) is 0.672. The van der Waals surface area contributed by atoms with E-state index in [2.05, 4.69) is 15.4 Å². The zero-order chi connectivity index (χ0) is 15.6. The molecule has 1 heterocycles. The normalized spacial score (nSPS) is 11.3. The molecule has 0 aliphatic rings. The lowest BCUT2D eigenvalue weighted by molar-refractivity contribution is 0.438. The van der Waals surface area contributed by atoms with Crippen LogP contribution < -0.4 is 16.0 Å². The fourth-order valence-electron chi connectivity index (χ4n) is 1.59. The molecule has 0 radical (unpaired) electrons. The van der Waals surface area contributed by atoms with Gasteiger partial charge < -0.3 is 10.2 Å². The number of hydrogen-bond donors (Lipinski definition) is 2. The van der Waals surface area contributed by atoms with Gasteiger partial charge in [0.25, 0.3) is 0 Å². The molecule has 0 unspecified atom stereocenters. The summed E-state index contributed by atoms with van der Waals surface area (Å²) in [4.78, 5) is 8.46. The Kier molecular flexibility index (Phi) is 4.04. The minimum atomic E-state index is -0.729. The number of hydrazine groups is 1. The van der Waals surface area contributed by atoms with Gasteiger partial charge in [-0.25, -0.2) is 19.6 Å². The Hall–Kier alpha value is -2.28. The molecule has 7 heteroatoms. The molecule has 0 spiro atoms. The second kappa shape index (κ2) is 5.61. The summed E-state index contributed by atoms with van der Waals surface area (Å²) in [6.45, 7) is 5.77. The summed E-state index contributed by atoms with van der Waals surface area (Å²) in [7, 11) is 0. The highest BCUT2D eigenvalue weighted by atomic mass is 19.1. The number of benzene rings is 1. The van der Waals surface area contributed by atoms with Gasteiger partial charge in [-0.05, 0) is 0 Å². The van der Waals surface area contributed by atoms with E-state index in [1.165, 1.54) is 6.07 Å². The first-order valence-corrected chi connectivity index (χ1v) is 6.28. The minimum Gasteiger partial charge on any atom is -0.439 e. The number of nitrogen functional groups attached to an aromatic ring is 1. The van der Waals surface area contributed by atoms with Crippen molar-refractivity contribution < 1.29 is 13.5 Å². The van der Waals surface area contributed by atoms with Crippen LogP contribution in [0.3, 0.4) is 0 Å². The molecule has 0 saturated carbocycles. The Labute approximate surface area is 121 Å². The third-order valence-corrected chi connectivity index (χ3v) is 2.58. The first kappa shape index (κ1) is 15.1. The summed E-state index contributed by atoms with van der Waals surface area (Å²) < 4.78 is 31.7. The Balaban J connectivity index is 2.39. The monoisotopic (exact) mass is 294 g/mol. The molecule has 5 nitrogen and oxygen atoms in total. The predicted octanol–water partition coefficient (Wildman–Crippen LogP) is 3.13. The van der Waals surface area contributed by atoms with Crippen molar-refractivity contribution in [2.75, 3.05) is 5.43 Å². The predicted molar refractivity (Wildman–Crippen MR) is 75.0 cm³/mol. The van der Waals surface area contributed by atoms with Crippen LogP contribution in [0.5, 0.6) is 11.6 Å². The van der Waals surface area contributed by atoms with Gasteiger partial charge in [-0.2, -0.15) is 4.98 Å². The smallest absolute Gasteiger partial charge is 0.224 e. The van der Waals surface area contributed by atoms with Gasteiger partial charge in [-0.1, -0.05) is 20.8 Å². The van der Waals surface area contributed by atoms with Crippen molar-refractivity contribution in [1.82, 2.24) is 9.97 Å². The lowest BCUT2D eigenvalue weighted by atomic mass is 9.96. The Morgan fingerprint density at radius 2 is 1.67 bits per heavy atom. The van der Waals surface area contributed by atoms with Gasteiger partial charge >= 0.3 is 0 Å². The highest BCUT2D eigenvalue weighted by Crippen LogP contribution is 2.27. The van der Waals surface area contributed by atoms with Gasteiger partial charge in [0, 0.05) is 29.7 Å². The number of nitrogens with one attached hydrogen (secondary N) is 1. The highest BCUT2D eigenvalue weighted by Gasteiger charge is 2.19. The minimum absolute atomic E-state index is 0.00836. The van der Waals surface area contributed by atoms with Crippen molar-refractivity contribution in [2.45, 2.75) is 26.2 Å². The molecule has 0 saturated heterocycles. The van der Waals surface area contributed by atoms with E-state index < -0.39 is 11.6 Å². The van der Waals surface area contributed by atoms with Crippen molar-refractivity contribution in [1.29, 1.82) is 0 Å². The third kappa shape index (κ3) is 3.85. The van der Waals surface area contributed by atoms with E-state index in [0.717, 1.165) is 18.2 Å². The maximum atomic E-state index is 13.2. The van der Waals surface area contributed by atoms with Crippen LogP contribution in [0.4, 0.5) is 14.6 Å². The van der Waals surface area contributed by atoms with Crippen molar-refractivity contribution in [2.24, 2.45) is 5.84 Å². The fourth-order valence-corrected chi connectivity index (χ4v) is 1.59. The summed E-state index contributed by atoms with van der Waals surface area (Å²) in [5, 5.41) is 0. The number of nitrogens with two attached hydrogens (primary N) is 1. The molecule has 21 heavy (non-hydrogen) atoms. The number of nitrogens with zero attached hydrogens (tertiary/aromatic N) is 2. The van der Waals surface area contributed by atoms with Crippen LogP contribution in [0.25, 0.3) is 0 Å². The van der Waals surface area contributed by atoms with E-state index >= 15 is 0 Å². The lowest BCUT2D eigenvalue weighted by Gasteiger charge is -2.18. The first-order chi connectivity index (χ1) is 9.77. The molecular formula is C14H16F2N4O. The van der Waals surface area contributed by atoms with Gasteiger partial charge in [-0.15, -0.1) is 0 Å². The summed E-state index contributed by atoms with van der Waals surface area (Å²) in [6.07, 6.45) is 0. The van der Waals surface area contributed by atoms with E-state index in [0.29, 0.717) is 11.6 Å². The molecule has 1 aromatic heterocycles. The molecule has 0 aliphatic carbocycles. The number of aromatic nitrogens is 2. The van der Waals surface area contributed by atoms with Crippen LogP contribution >= 0.6 is 0 Å². The Bertz CT molecular complexity index is 636. The number of hydrogen-bond acceptors (Lipinski definition) is 5. The second-order valence-electron chi connectivity index (χ2n) is 5.52. The largest absolute Gasteiger partial charge is 0.439 e. The van der Waals surface area contributed by atoms with Crippen LogP contribution in [0, 0.1) is 11.6 Å². The molecule has 2 aromatic rings. The molecule has 0 aliphatic heterocycles. The van der Waals surface area contributed by atoms with E-state index in [1.54, 1.807) is 0 Å². The van der Waals surface area contributed by atoms with Crippen LogP contribution in [0.1, 0.15) is 26.6 Å². The number of anilines is 1. The van der Waals surface area contributed by atoms with Crippen LogP contribution in [0.15, 0.2) is 24.3 Å². The van der Waals surface area contributed by atoms with Gasteiger partial charge in [-0.3, -0.25) is 0 Å². The molecular weight excluding hydrogens is 278 g/mol. The van der Waals surface area contributed by atoms with Crippen LogP contribution in [-0.4, -0.2) is 9.97 Å². The van der Waals surface area contributed by atoms with Gasteiger partial charge in [0.1, 0.15) is 29.0 Å². The average molecular weight is 294 g/mol. The zero-order valence-corrected chi connectivity index (χ0v) is 11.9. The molecule has 0 atom stereocenters. The van der Waals surface area contributed by atoms with E-state index in [1.807, 2.05) is 20.8 Å². The van der Waals surface area contributed by atoms with Crippen molar-refractivity contribution in [3.8, 4) is 11.6 Å². The maximum absolute atomic E-state index is 13.2. The van der Waals surface area contributed by atoms with E-state index in [-0.39, 0.29) is 17.0 Å². The molecule has 0 fully saturated rings. The van der Waals surface area contributed by atoms with Crippen molar-refractivity contribution in [3.63, 3.8) is 0 Å². The molecule has 3 N–H and O–H groups in total. The topological polar surface area (TPSA) is 73.1 Å². The number of halogens is 2. The zero-order valence-electron chi connectivity index (χ0n) is 11.9. The molecule has 0 amide bonds. The summed E-state index contributed by atoms with van der Waals surface area (Å²) in [5.74, 6) is 4.89. The van der Waals surface area contributed by atoms with Gasteiger partial charge in [0.05, 0.1) is 0 Å².